The molecule has 0 radical (unpaired) electrons. The van der Waals surface area contributed by atoms with Crippen LogP contribution in [-0.2, 0) is 17.6 Å². The van der Waals surface area contributed by atoms with E-state index in [0.29, 0.717) is 12.8 Å². The lowest BCUT2D eigenvalue weighted by molar-refractivity contribution is -0.116. The topological polar surface area (TPSA) is 40.9 Å². The van der Waals surface area contributed by atoms with Crippen molar-refractivity contribution in [3.63, 3.8) is 0 Å². The van der Waals surface area contributed by atoms with Gasteiger partial charge in [-0.15, -0.1) is 0 Å². The van der Waals surface area contributed by atoms with Crippen molar-refractivity contribution < 1.29 is 4.79 Å². The maximum absolute atomic E-state index is 10.9. The standard InChI is InChI=1S/C11H13NO/c1-9(13)8-11-5-3-2-4-10(11)6-7-12/h2-5,7,12H,6,8H2,1H3. The molecule has 1 rings (SSSR count). The lowest BCUT2D eigenvalue weighted by atomic mass is 10.0. The van der Waals surface area contributed by atoms with Crippen LogP contribution in [0.25, 0.3) is 0 Å². The molecule has 2 heteroatoms. The van der Waals surface area contributed by atoms with Crippen molar-refractivity contribution in [2.75, 3.05) is 0 Å². The van der Waals surface area contributed by atoms with Crippen LogP contribution in [0.1, 0.15) is 18.1 Å². The molecule has 0 aliphatic rings. The van der Waals surface area contributed by atoms with E-state index in [1.807, 2.05) is 24.3 Å². The molecule has 0 fully saturated rings. The molecule has 0 spiro atoms. The fourth-order valence-corrected chi connectivity index (χ4v) is 1.31. The summed E-state index contributed by atoms with van der Waals surface area (Å²) < 4.78 is 0. The maximum atomic E-state index is 10.9. The first-order valence-electron chi connectivity index (χ1n) is 4.29. The highest BCUT2D eigenvalue weighted by Gasteiger charge is 2.02. The molecule has 0 amide bonds. The Bertz CT molecular complexity index is 318. The molecule has 0 heterocycles. The Balaban J connectivity index is 2.90. The molecule has 0 bridgehead atoms. The van der Waals surface area contributed by atoms with Gasteiger partial charge in [0.05, 0.1) is 0 Å². The van der Waals surface area contributed by atoms with Gasteiger partial charge >= 0.3 is 0 Å². The van der Waals surface area contributed by atoms with Crippen LogP contribution in [-0.4, -0.2) is 12.0 Å². The van der Waals surface area contributed by atoms with Crippen molar-refractivity contribution in [2.24, 2.45) is 0 Å². The third-order valence-corrected chi connectivity index (χ3v) is 1.88. The summed E-state index contributed by atoms with van der Waals surface area (Å²) in [6.45, 7) is 1.58. The van der Waals surface area contributed by atoms with Gasteiger partial charge in [-0.05, 0) is 24.3 Å². The lowest BCUT2D eigenvalue weighted by Gasteiger charge is -2.04. The molecule has 0 unspecified atom stereocenters. The molecule has 68 valence electrons. The predicted octanol–water partition coefficient (Wildman–Crippen LogP) is 2.01. The zero-order valence-electron chi connectivity index (χ0n) is 7.71. The van der Waals surface area contributed by atoms with Crippen LogP contribution in [0.4, 0.5) is 0 Å². The second-order valence-electron chi connectivity index (χ2n) is 3.06. The second kappa shape index (κ2) is 4.55. The van der Waals surface area contributed by atoms with E-state index in [1.54, 1.807) is 6.92 Å². The molecule has 0 atom stereocenters. The maximum Gasteiger partial charge on any atom is 0.134 e. The van der Waals surface area contributed by atoms with E-state index in [0.717, 1.165) is 11.1 Å². The molecule has 0 aliphatic heterocycles. The minimum absolute atomic E-state index is 0.164. The normalized spacial score (nSPS) is 9.62. The molecule has 1 aromatic carbocycles. The molecule has 2 nitrogen and oxygen atoms in total. The van der Waals surface area contributed by atoms with Crippen LogP contribution >= 0.6 is 0 Å². The Kier molecular flexibility index (Phi) is 3.38. The van der Waals surface area contributed by atoms with Gasteiger partial charge in [-0.25, -0.2) is 0 Å². The Morgan fingerprint density at radius 1 is 1.38 bits per heavy atom. The quantitative estimate of drug-likeness (QED) is 0.699. The zero-order valence-corrected chi connectivity index (χ0v) is 7.71. The molecule has 0 aliphatic carbocycles. The molecule has 1 N–H and O–H groups in total. The SMILES string of the molecule is CC(=O)Cc1ccccc1CC=N. The first kappa shape index (κ1) is 9.65. The minimum atomic E-state index is 0.164. The van der Waals surface area contributed by atoms with Crippen molar-refractivity contribution >= 4 is 12.0 Å². The monoisotopic (exact) mass is 175 g/mol. The molecule has 1 aromatic rings. The zero-order chi connectivity index (χ0) is 9.68. The smallest absolute Gasteiger partial charge is 0.134 e. The minimum Gasteiger partial charge on any atom is -0.313 e. The van der Waals surface area contributed by atoms with Crippen LogP contribution < -0.4 is 0 Å². The van der Waals surface area contributed by atoms with E-state index in [4.69, 9.17) is 5.41 Å². The van der Waals surface area contributed by atoms with Gasteiger partial charge in [0.15, 0.2) is 0 Å². The van der Waals surface area contributed by atoms with E-state index in [2.05, 4.69) is 0 Å². The van der Waals surface area contributed by atoms with Crippen LogP contribution in [0.2, 0.25) is 0 Å². The highest BCUT2D eigenvalue weighted by Crippen LogP contribution is 2.09. The third kappa shape index (κ3) is 2.82. The largest absolute Gasteiger partial charge is 0.313 e. The second-order valence-corrected chi connectivity index (χ2v) is 3.06. The van der Waals surface area contributed by atoms with E-state index >= 15 is 0 Å². The van der Waals surface area contributed by atoms with Crippen molar-refractivity contribution in [2.45, 2.75) is 19.8 Å². The fraction of sp³-hybridized carbons (Fsp3) is 0.273. The molecule has 13 heavy (non-hydrogen) atoms. The highest BCUT2D eigenvalue weighted by atomic mass is 16.1. The summed E-state index contributed by atoms with van der Waals surface area (Å²) in [5.74, 6) is 0.164. The number of benzene rings is 1. The Hall–Kier alpha value is -1.44. The summed E-state index contributed by atoms with van der Waals surface area (Å²) in [6.07, 6.45) is 2.45. The Morgan fingerprint density at radius 2 is 2.00 bits per heavy atom. The summed E-state index contributed by atoms with van der Waals surface area (Å²) in [5, 5.41) is 7.01. The number of carbonyl (C=O) groups is 1. The number of carbonyl (C=O) groups excluding carboxylic acids is 1. The van der Waals surface area contributed by atoms with Crippen LogP contribution in [0, 0.1) is 5.41 Å². The van der Waals surface area contributed by atoms with Gasteiger partial charge in [0.1, 0.15) is 5.78 Å². The molecule has 0 saturated heterocycles. The number of Topliss-reactive ketones (excluding diaryl/α,β-unsaturated/α-hetero) is 1. The Labute approximate surface area is 78.1 Å². The summed E-state index contributed by atoms with van der Waals surface area (Å²) in [5.41, 5.74) is 2.12. The van der Waals surface area contributed by atoms with Crippen molar-refractivity contribution in [3.05, 3.63) is 35.4 Å². The number of rotatable bonds is 4. The molecular formula is C11H13NO. The van der Waals surface area contributed by atoms with Crippen molar-refractivity contribution in [1.82, 2.24) is 0 Å². The molecule has 0 aromatic heterocycles. The predicted molar refractivity (Wildman–Crippen MR) is 53.3 cm³/mol. The number of hydrogen-bond donors (Lipinski definition) is 1. The van der Waals surface area contributed by atoms with Crippen LogP contribution in [0.5, 0.6) is 0 Å². The van der Waals surface area contributed by atoms with Gasteiger partial charge < -0.3 is 5.41 Å². The van der Waals surface area contributed by atoms with E-state index in [-0.39, 0.29) is 5.78 Å². The van der Waals surface area contributed by atoms with E-state index in [1.165, 1.54) is 6.21 Å². The van der Waals surface area contributed by atoms with Gasteiger partial charge in [0, 0.05) is 12.8 Å². The van der Waals surface area contributed by atoms with Crippen LogP contribution in [0.15, 0.2) is 24.3 Å². The summed E-state index contributed by atoms with van der Waals surface area (Å²) in [7, 11) is 0. The average Bonchev–Trinajstić information content (AvgIpc) is 2.08. The summed E-state index contributed by atoms with van der Waals surface area (Å²) in [6, 6.07) is 7.76. The first-order valence-corrected chi connectivity index (χ1v) is 4.29. The van der Waals surface area contributed by atoms with Crippen molar-refractivity contribution in [1.29, 1.82) is 5.41 Å². The lowest BCUT2D eigenvalue weighted by Crippen LogP contribution is -2.01. The highest BCUT2D eigenvalue weighted by molar-refractivity contribution is 5.78. The van der Waals surface area contributed by atoms with Crippen LogP contribution in [0.3, 0.4) is 0 Å². The van der Waals surface area contributed by atoms with Gasteiger partial charge in [-0.3, -0.25) is 4.79 Å². The fourth-order valence-electron chi connectivity index (χ4n) is 1.31. The number of ketones is 1. The first-order chi connectivity index (χ1) is 6.24. The number of hydrogen-bond acceptors (Lipinski definition) is 2. The summed E-state index contributed by atoms with van der Waals surface area (Å²) >= 11 is 0. The van der Waals surface area contributed by atoms with Gasteiger partial charge in [-0.1, -0.05) is 24.3 Å². The molecular weight excluding hydrogens is 162 g/mol. The van der Waals surface area contributed by atoms with E-state index < -0.39 is 0 Å². The Morgan fingerprint density at radius 3 is 2.54 bits per heavy atom. The third-order valence-electron chi connectivity index (χ3n) is 1.88. The van der Waals surface area contributed by atoms with Crippen molar-refractivity contribution in [3.8, 4) is 0 Å². The van der Waals surface area contributed by atoms with Gasteiger partial charge in [0.2, 0.25) is 0 Å². The molecule has 0 saturated carbocycles. The number of nitrogens with one attached hydrogen (secondary N) is 1. The van der Waals surface area contributed by atoms with Gasteiger partial charge in [-0.2, -0.15) is 0 Å². The average molecular weight is 175 g/mol. The van der Waals surface area contributed by atoms with Gasteiger partial charge in [0.25, 0.3) is 0 Å². The summed E-state index contributed by atoms with van der Waals surface area (Å²) in [4.78, 5) is 10.9. The van der Waals surface area contributed by atoms with E-state index in [9.17, 15) is 4.79 Å².